The van der Waals surface area contributed by atoms with Gasteiger partial charge < -0.3 is 20.9 Å². The summed E-state index contributed by atoms with van der Waals surface area (Å²) in [5, 5.41) is 8.41. The van der Waals surface area contributed by atoms with Crippen LogP contribution in [0.1, 0.15) is 73.3 Å². The topological polar surface area (TPSA) is 129 Å². The molecule has 4 rings (SSSR count). The summed E-state index contributed by atoms with van der Waals surface area (Å²) in [7, 11) is 0.128. The number of hydrogen-bond donors (Lipinski definition) is 2. The number of nitrogens with zero attached hydrogens (tertiary/aromatic N) is 6. The highest BCUT2D eigenvalue weighted by Crippen LogP contribution is 2.33. The second kappa shape index (κ2) is 11.5. The third-order valence-corrected chi connectivity index (χ3v) is 8.75. The number of benzene rings is 1. The first-order chi connectivity index (χ1) is 19.1. The molecule has 0 saturated heterocycles. The summed E-state index contributed by atoms with van der Waals surface area (Å²) in [5.41, 5.74) is 9.78. The third-order valence-electron chi connectivity index (χ3n) is 7.57. The smallest absolute Gasteiger partial charge is 0.256 e. The Morgan fingerprint density at radius 3 is 2.44 bits per heavy atom. The van der Waals surface area contributed by atoms with Crippen molar-refractivity contribution in [2.24, 2.45) is 5.73 Å². The van der Waals surface area contributed by atoms with Crippen molar-refractivity contribution in [3.8, 4) is 0 Å². The molecule has 12 heteroatoms. The van der Waals surface area contributed by atoms with Gasteiger partial charge in [-0.1, -0.05) is 18.6 Å². The van der Waals surface area contributed by atoms with Crippen LogP contribution >= 0.6 is 0 Å². The van der Waals surface area contributed by atoms with E-state index in [1.165, 1.54) is 10.6 Å². The summed E-state index contributed by atoms with van der Waals surface area (Å²) in [5.74, 6) is 1.36. The fourth-order valence-electron chi connectivity index (χ4n) is 5.41. The van der Waals surface area contributed by atoms with Gasteiger partial charge in [0.2, 0.25) is 10.0 Å². The number of amides is 1. The molecule has 1 unspecified atom stereocenters. The van der Waals surface area contributed by atoms with Crippen LogP contribution < -0.4 is 20.3 Å². The van der Waals surface area contributed by atoms with Crippen LogP contribution in [0, 0.1) is 13.8 Å². The third kappa shape index (κ3) is 6.43. The molecule has 0 aliphatic carbocycles. The molecule has 3 N–H and O–H groups in total. The van der Waals surface area contributed by atoms with Gasteiger partial charge in [-0.25, -0.2) is 13.4 Å². The molecule has 41 heavy (non-hydrogen) atoms. The molecule has 2 bridgehead atoms. The van der Waals surface area contributed by atoms with Crippen LogP contribution in [0.3, 0.4) is 0 Å². The summed E-state index contributed by atoms with van der Waals surface area (Å²) < 4.78 is 29.2. The van der Waals surface area contributed by atoms with Crippen LogP contribution in [0.25, 0.3) is 5.65 Å². The maximum Gasteiger partial charge on any atom is 0.256 e. The second-order valence-corrected chi connectivity index (χ2v) is 13.8. The minimum atomic E-state index is -3.63. The van der Waals surface area contributed by atoms with E-state index in [9.17, 15) is 13.2 Å². The normalized spacial score (nSPS) is 17.5. The van der Waals surface area contributed by atoms with Gasteiger partial charge in [0.25, 0.3) is 5.91 Å². The second-order valence-electron chi connectivity index (χ2n) is 11.9. The SMILES string of the molecule is CCC1c2cc3nc(NCC(C)(C)N)c(C)c(n3n2)N(C)CCCCN(S(C)(=O)=O)c2ccc(C)cc2C(=O)N1C. The molecule has 1 aliphatic heterocycles. The van der Waals surface area contributed by atoms with Gasteiger partial charge in [-0.15, -0.1) is 0 Å². The first-order valence-corrected chi connectivity index (χ1v) is 16.0. The van der Waals surface area contributed by atoms with E-state index in [-0.39, 0.29) is 18.5 Å². The molecule has 1 aliphatic rings. The maximum absolute atomic E-state index is 14.1. The Bertz CT molecular complexity index is 1540. The first-order valence-electron chi connectivity index (χ1n) is 14.1. The zero-order valence-corrected chi connectivity index (χ0v) is 26.3. The molecule has 3 heterocycles. The van der Waals surface area contributed by atoms with E-state index >= 15 is 0 Å². The molecule has 224 valence electrons. The van der Waals surface area contributed by atoms with Crippen molar-refractivity contribution in [2.45, 2.75) is 65.5 Å². The lowest BCUT2D eigenvalue weighted by molar-refractivity contribution is 0.0723. The Balaban J connectivity index is 1.90. The predicted octanol–water partition coefficient (Wildman–Crippen LogP) is 3.71. The number of nitrogens with one attached hydrogen (secondary N) is 1. The molecule has 11 nitrogen and oxygen atoms in total. The molecule has 2 aromatic heterocycles. The van der Waals surface area contributed by atoms with E-state index in [2.05, 4.69) is 10.2 Å². The number of nitrogens with two attached hydrogens (primary N) is 1. The minimum Gasteiger partial charge on any atom is -0.368 e. The van der Waals surface area contributed by atoms with E-state index in [1.54, 1.807) is 24.1 Å². The zero-order chi connectivity index (χ0) is 30.3. The number of rotatable bonds is 5. The number of carbonyl (C=O) groups is 1. The van der Waals surface area contributed by atoms with Crippen molar-refractivity contribution in [3.63, 3.8) is 0 Å². The van der Waals surface area contributed by atoms with Crippen molar-refractivity contribution in [2.75, 3.05) is 54.5 Å². The van der Waals surface area contributed by atoms with Gasteiger partial charge in [0.15, 0.2) is 5.65 Å². The number of carbonyl (C=O) groups excluding carboxylic acids is 1. The highest BCUT2D eigenvalue weighted by atomic mass is 32.2. The van der Waals surface area contributed by atoms with Gasteiger partial charge in [-0.05, 0) is 59.1 Å². The molecule has 0 fully saturated rings. The highest BCUT2D eigenvalue weighted by Gasteiger charge is 2.30. The first kappa shape index (κ1) is 30.6. The van der Waals surface area contributed by atoms with E-state index in [1.807, 2.05) is 58.3 Å². The molecule has 0 radical (unpaired) electrons. The molecule has 0 spiro atoms. The number of aromatic nitrogens is 3. The summed E-state index contributed by atoms with van der Waals surface area (Å²) >= 11 is 0. The van der Waals surface area contributed by atoms with Crippen LogP contribution in [-0.4, -0.2) is 79.3 Å². The van der Waals surface area contributed by atoms with E-state index in [0.29, 0.717) is 48.5 Å². The number of sulfonamides is 1. The van der Waals surface area contributed by atoms with E-state index in [0.717, 1.165) is 29.2 Å². The zero-order valence-electron chi connectivity index (χ0n) is 25.5. The van der Waals surface area contributed by atoms with Crippen molar-refractivity contribution >= 4 is 38.9 Å². The Morgan fingerprint density at radius 2 is 1.80 bits per heavy atom. The van der Waals surface area contributed by atoms with Crippen molar-refractivity contribution in [3.05, 3.63) is 46.6 Å². The van der Waals surface area contributed by atoms with Crippen LogP contribution in [0.2, 0.25) is 0 Å². The minimum absolute atomic E-state index is 0.259. The van der Waals surface area contributed by atoms with Gasteiger partial charge in [0.05, 0.1) is 29.2 Å². The molecule has 1 amide bonds. The number of hydrogen-bond acceptors (Lipinski definition) is 8. The summed E-state index contributed by atoms with van der Waals surface area (Å²) in [6.45, 7) is 11.3. The fourth-order valence-corrected chi connectivity index (χ4v) is 6.39. The number of aryl methyl sites for hydroxylation is 1. The van der Waals surface area contributed by atoms with Gasteiger partial charge in [0, 0.05) is 50.9 Å². The van der Waals surface area contributed by atoms with E-state index < -0.39 is 15.6 Å². The van der Waals surface area contributed by atoms with Gasteiger partial charge in [0.1, 0.15) is 11.6 Å². The highest BCUT2D eigenvalue weighted by molar-refractivity contribution is 7.92. The largest absolute Gasteiger partial charge is 0.368 e. The molecular formula is C29H44N8O3S. The van der Waals surface area contributed by atoms with Gasteiger partial charge in [-0.3, -0.25) is 9.10 Å². The molecule has 3 aromatic rings. The van der Waals surface area contributed by atoms with Crippen molar-refractivity contribution < 1.29 is 13.2 Å². The molecule has 1 atom stereocenters. The van der Waals surface area contributed by atoms with Crippen molar-refractivity contribution in [1.29, 1.82) is 0 Å². The lowest BCUT2D eigenvalue weighted by Crippen LogP contribution is -2.40. The van der Waals surface area contributed by atoms with Crippen LogP contribution in [0.15, 0.2) is 24.3 Å². The molecule has 1 aromatic carbocycles. The van der Waals surface area contributed by atoms with E-state index in [4.69, 9.17) is 15.8 Å². The average molecular weight is 585 g/mol. The van der Waals surface area contributed by atoms with Crippen molar-refractivity contribution in [1.82, 2.24) is 19.5 Å². The summed E-state index contributed by atoms with van der Waals surface area (Å²) in [6, 6.07) is 6.93. The molecular weight excluding hydrogens is 540 g/mol. The van der Waals surface area contributed by atoms with Gasteiger partial charge in [-0.2, -0.15) is 9.61 Å². The standard InChI is InChI=1S/C29H44N8O3S/c1-9-23-22-17-25-32-26(31-18-29(4,5)30)20(3)27(37(25)33-22)34(6)14-10-11-15-36(41(8,39)40)24-13-12-19(2)16-21(24)28(38)35(23)7/h12-13,16-17,23H,9-11,14-15,18,30H2,1-8H3,(H,31,32). The number of anilines is 3. The predicted molar refractivity (Wildman–Crippen MR) is 165 cm³/mol. The maximum atomic E-state index is 14.1. The summed E-state index contributed by atoms with van der Waals surface area (Å²) in [6.07, 6.45) is 3.14. The Labute approximate surface area is 243 Å². The average Bonchev–Trinajstić information content (AvgIpc) is 3.28. The van der Waals surface area contributed by atoms with Crippen LogP contribution in [0.4, 0.5) is 17.3 Å². The lowest BCUT2D eigenvalue weighted by atomic mass is 10.0. The van der Waals surface area contributed by atoms with Crippen LogP contribution in [0.5, 0.6) is 0 Å². The Hall–Kier alpha value is -3.38. The molecule has 0 saturated carbocycles. The van der Waals surface area contributed by atoms with Crippen LogP contribution in [-0.2, 0) is 10.0 Å². The lowest BCUT2D eigenvalue weighted by Gasteiger charge is -2.29. The quantitative estimate of drug-likeness (QED) is 0.464. The van der Waals surface area contributed by atoms with Gasteiger partial charge >= 0.3 is 0 Å². The monoisotopic (exact) mass is 584 g/mol. The Kier molecular flexibility index (Phi) is 8.56. The number of fused-ring (bicyclic) bond motifs is 2. The summed E-state index contributed by atoms with van der Waals surface area (Å²) in [4.78, 5) is 22.8. The Morgan fingerprint density at radius 1 is 1.12 bits per heavy atom. The fraction of sp³-hybridized carbons (Fsp3) is 0.552.